The predicted octanol–water partition coefficient (Wildman–Crippen LogP) is 4.80. The van der Waals surface area contributed by atoms with E-state index in [1.807, 2.05) is 44.4 Å². The van der Waals surface area contributed by atoms with Gasteiger partial charge >= 0.3 is 5.97 Å². The van der Waals surface area contributed by atoms with Crippen molar-refractivity contribution in [3.05, 3.63) is 57.9 Å². The molecule has 0 N–H and O–H groups in total. The van der Waals surface area contributed by atoms with Gasteiger partial charge in [0.2, 0.25) is 5.78 Å². The molecule has 0 aromatic carbocycles. The summed E-state index contributed by atoms with van der Waals surface area (Å²) < 4.78 is 9.39. The lowest BCUT2D eigenvalue weighted by Crippen LogP contribution is -2.15. The predicted molar refractivity (Wildman–Crippen MR) is 123 cm³/mol. The summed E-state index contributed by atoms with van der Waals surface area (Å²) in [7, 11) is 1.80. The zero-order valence-corrected chi connectivity index (χ0v) is 19.3. The number of rotatable bonds is 6. The van der Waals surface area contributed by atoms with E-state index in [0.717, 1.165) is 29.1 Å². The maximum Gasteiger partial charge on any atom is 0.339 e. The number of pyridine rings is 1. The highest BCUT2D eigenvalue weighted by Gasteiger charge is 2.29. The van der Waals surface area contributed by atoms with Crippen molar-refractivity contribution in [2.24, 2.45) is 7.05 Å². The minimum atomic E-state index is -0.546. The van der Waals surface area contributed by atoms with Crippen LogP contribution in [0.4, 0.5) is 0 Å². The van der Waals surface area contributed by atoms with Crippen LogP contribution in [-0.4, -0.2) is 37.7 Å². The van der Waals surface area contributed by atoms with Gasteiger partial charge in [0.15, 0.2) is 12.3 Å². The normalized spacial score (nSPS) is 13.6. The van der Waals surface area contributed by atoms with E-state index in [4.69, 9.17) is 9.72 Å². The summed E-state index contributed by atoms with van der Waals surface area (Å²) in [6, 6.07) is 8.02. The molecule has 1 aliphatic rings. The summed E-state index contributed by atoms with van der Waals surface area (Å²) in [6.07, 6.45) is 2.29. The molecular formula is C24H24N4O3S. The molecule has 32 heavy (non-hydrogen) atoms. The van der Waals surface area contributed by atoms with Crippen molar-refractivity contribution in [2.75, 3.05) is 6.61 Å². The fraction of sp³-hybridized carbons (Fsp3) is 0.333. The Morgan fingerprint density at radius 2 is 1.97 bits per heavy atom. The van der Waals surface area contributed by atoms with Crippen molar-refractivity contribution in [1.29, 1.82) is 0 Å². The molecule has 8 heteroatoms. The van der Waals surface area contributed by atoms with Crippen LogP contribution in [-0.2, 0) is 11.8 Å². The summed E-state index contributed by atoms with van der Waals surface area (Å²) >= 11 is 1.55. The van der Waals surface area contributed by atoms with Crippen molar-refractivity contribution in [1.82, 2.24) is 19.3 Å². The molecule has 4 aromatic rings. The van der Waals surface area contributed by atoms with Crippen molar-refractivity contribution >= 4 is 34.1 Å². The topological polar surface area (TPSA) is 79.0 Å². The number of aromatic nitrogens is 4. The Labute approximate surface area is 189 Å². The Morgan fingerprint density at radius 1 is 1.19 bits per heavy atom. The van der Waals surface area contributed by atoms with Crippen molar-refractivity contribution < 1.29 is 14.3 Å². The number of Topliss-reactive ketones (excluding diaryl/α,β-unsaturated/α-hetero) is 1. The first-order valence-electron chi connectivity index (χ1n) is 10.6. The Bertz CT molecular complexity index is 1360. The summed E-state index contributed by atoms with van der Waals surface area (Å²) in [5.74, 6) is -0.735. The van der Waals surface area contributed by atoms with E-state index in [1.165, 1.54) is 0 Å². The molecule has 7 nitrogen and oxygen atoms in total. The Hall–Kier alpha value is -3.26. The fourth-order valence-corrected chi connectivity index (χ4v) is 5.08. The van der Waals surface area contributed by atoms with Crippen LogP contribution >= 0.6 is 11.3 Å². The SMILES string of the molecule is Cc1nn(C)c2nc(-c3cccs3)cc(C(=O)OCC(=O)c3cc(C)n(C4CC4)c3C)c12. The molecule has 0 radical (unpaired) electrons. The van der Waals surface area contributed by atoms with Crippen molar-refractivity contribution in [3.8, 4) is 10.6 Å². The molecule has 0 unspecified atom stereocenters. The first-order valence-corrected chi connectivity index (χ1v) is 11.5. The standard InChI is InChI=1S/C24H24N4O3S/c1-13-10-17(15(3)28(13)16-7-8-16)20(29)12-31-24(30)18-11-19(21-6-5-9-32-21)25-23-22(18)14(2)26-27(23)4/h5-6,9-11,16H,7-8,12H2,1-4H3. The van der Waals surface area contributed by atoms with E-state index in [2.05, 4.69) is 9.67 Å². The van der Waals surface area contributed by atoms with Gasteiger partial charge in [0.05, 0.1) is 27.2 Å². The van der Waals surface area contributed by atoms with Crippen LogP contribution in [0.2, 0.25) is 0 Å². The average Bonchev–Trinajstić information content (AvgIpc) is 3.22. The van der Waals surface area contributed by atoms with Gasteiger partial charge in [0, 0.05) is 30.0 Å². The van der Waals surface area contributed by atoms with Crippen molar-refractivity contribution in [2.45, 2.75) is 39.7 Å². The van der Waals surface area contributed by atoms with E-state index >= 15 is 0 Å². The quantitative estimate of drug-likeness (QED) is 0.313. The zero-order valence-electron chi connectivity index (χ0n) is 18.5. The molecule has 5 rings (SSSR count). The number of fused-ring (bicyclic) bond motifs is 1. The van der Waals surface area contributed by atoms with Gasteiger partial charge in [-0.25, -0.2) is 9.78 Å². The second-order valence-corrected chi connectivity index (χ2v) is 9.27. The molecular weight excluding hydrogens is 424 g/mol. The molecule has 1 aliphatic carbocycles. The summed E-state index contributed by atoms with van der Waals surface area (Å²) in [4.78, 5) is 31.6. The smallest absolute Gasteiger partial charge is 0.339 e. The highest BCUT2D eigenvalue weighted by molar-refractivity contribution is 7.13. The Balaban J connectivity index is 1.44. The molecule has 0 bridgehead atoms. The van der Waals surface area contributed by atoms with Crippen LogP contribution in [0.3, 0.4) is 0 Å². The van der Waals surface area contributed by atoms with Gasteiger partial charge in [-0.2, -0.15) is 5.10 Å². The van der Waals surface area contributed by atoms with Gasteiger partial charge in [0.25, 0.3) is 0 Å². The third-order valence-electron chi connectivity index (χ3n) is 5.99. The molecule has 0 saturated heterocycles. The van der Waals surface area contributed by atoms with Gasteiger partial charge in [-0.3, -0.25) is 9.48 Å². The zero-order chi connectivity index (χ0) is 22.6. The lowest BCUT2D eigenvalue weighted by molar-refractivity contribution is 0.0476. The number of carbonyl (C=O) groups excluding carboxylic acids is 2. The minimum Gasteiger partial charge on any atom is -0.454 e. The third kappa shape index (κ3) is 3.44. The first-order chi connectivity index (χ1) is 15.3. The van der Waals surface area contributed by atoms with Crippen LogP contribution in [0, 0.1) is 20.8 Å². The molecule has 4 heterocycles. The van der Waals surface area contributed by atoms with Gasteiger partial charge < -0.3 is 9.30 Å². The number of aryl methyl sites for hydroxylation is 3. The second-order valence-electron chi connectivity index (χ2n) is 8.33. The molecule has 1 saturated carbocycles. The summed E-state index contributed by atoms with van der Waals surface area (Å²) in [5, 5.41) is 7.04. The fourth-order valence-electron chi connectivity index (χ4n) is 4.40. The second kappa shape index (κ2) is 7.70. The number of thiophene rings is 1. The van der Waals surface area contributed by atoms with Crippen LogP contribution in [0.15, 0.2) is 29.6 Å². The number of ether oxygens (including phenoxy) is 1. The largest absolute Gasteiger partial charge is 0.454 e. The number of ketones is 1. The van der Waals surface area contributed by atoms with E-state index < -0.39 is 5.97 Å². The van der Waals surface area contributed by atoms with E-state index in [1.54, 1.807) is 29.1 Å². The molecule has 0 amide bonds. The Morgan fingerprint density at radius 3 is 2.66 bits per heavy atom. The van der Waals surface area contributed by atoms with Gasteiger partial charge in [-0.1, -0.05) is 6.07 Å². The van der Waals surface area contributed by atoms with Crippen LogP contribution < -0.4 is 0 Å². The van der Waals surface area contributed by atoms with Crippen LogP contribution in [0.5, 0.6) is 0 Å². The average molecular weight is 449 g/mol. The number of esters is 1. The lowest BCUT2D eigenvalue weighted by Gasteiger charge is -2.09. The van der Waals surface area contributed by atoms with E-state index in [-0.39, 0.29) is 12.4 Å². The van der Waals surface area contributed by atoms with Gasteiger partial charge in [0.1, 0.15) is 0 Å². The van der Waals surface area contributed by atoms with Gasteiger partial charge in [-0.05, 0) is 57.2 Å². The molecule has 0 atom stereocenters. The monoisotopic (exact) mass is 448 g/mol. The van der Waals surface area contributed by atoms with Gasteiger partial charge in [-0.15, -0.1) is 11.3 Å². The molecule has 0 spiro atoms. The number of hydrogen-bond donors (Lipinski definition) is 0. The number of carbonyl (C=O) groups is 2. The molecule has 4 aromatic heterocycles. The lowest BCUT2D eigenvalue weighted by atomic mass is 10.1. The van der Waals surface area contributed by atoms with E-state index in [9.17, 15) is 9.59 Å². The maximum atomic E-state index is 13.1. The minimum absolute atomic E-state index is 0.190. The molecule has 0 aliphatic heterocycles. The first kappa shape index (κ1) is 20.6. The summed E-state index contributed by atoms with van der Waals surface area (Å²) in [5.41, 5.74) is 5.00. The number of nitrogens with zero attached hydrogens (tertiary/aromatic N) is 4. The highest BCUT2D eigenvalue weighted by Crippen LogP contribution is 2.38. The molecule has 1 fully saturated rings. The highest BCUT2D eigenvalue weighted by atomic mass is 32.1. The summed E-state index contributed by atoms with van der Waals surface area (Å²) in [6.45, 7) is 5.51. The van der Waals surface area contributed by atoms with E-state index in [0.29, 0.717) is 39.6 Å². The maximum absolute atomic E-state index is 13.1. The Kier molecular flexibility index (Phi) is 4.97. The number of hydrogen-bond acceptors (Lipinski definition) is 6. The van der Waals surface area contributed by atoms with Crippen molar-refractivity contribution in [3.63, 3.8) is 0 Å². The molecule has 164 valence electrons. The van der Waals surface area contributed by atoms with Crippen LogP contribution in [0.25, 0.3) is 21.6 Å². The third-order valence-corrected chi connectivity index (χ3v) is 6.89. The van der Waals surface area contributed by atoms with Crippen LogP contribution in [0.1, 0.15) is 56.7 Å².